The van der Waals surface area contributed by atoms with Crippen LogP contribution in [0.1, 0.15) is 27.4 Å². The predicted molar refractivity (Wildman–Crippen MR) is 62.9 cm³/mol. The Labute approximate surface area is 103 Å². The zero-order chi connectivity index (χ0) is 13.1. The van der Waals surface area contributed by atoms with Crippen LogP contribution in [0.3, 0.4) is 0 Å². The van der Waals surface area contributed by atoms with E-state index in [9.17, 15) is 4.79 Å². The van der Waals surface area contributed by atoms with E-state index in [0.29, 0.717) is 12.2 Å². The summed E-state index contributed by atoms with van der Waals surface area (Å²) in [5.41, 5.74) is 7.65. The second-order valence-electron chi connectivity index (χ2n) is 3.82. The first-order valence-corrected chi connectivity index (χ1v) is 5.39. The molecule has 7 heteroatoms. The Hall–Kier alpha value is -2.28. The molecule has 3 N–H and O–H groups in total. The van der Waals surface area contributed by atoms with Crippen LogP contribution in [0.15, 0.2) is 18.3 Å². The number of rotatable bonds is 4. The minimum absolute atomic E-state index is 0.0700. The largest absolute Gasteiger partial charge is 0.476 e. The first-order valence-electron chi connectivity index (χ1n) is 5.39. The van der Waals surface area contributed by atoms with Crippen LogP contribution in [-0.2, 0) is 13.1 Å². The van der Waals surface area contributed by atoms with E-state index in [1.807, 2.05) is 19.1 Å². The molecule has 2 heterocycles. The van der Waals surface area contributed by atoms with Gasteiger partial charge in [0.15, 0.2) is 5.69 Å². The van der Waals surface area contributed by atoms with Crippen molar-refractivity contribution in [3.05, 3.63) is 41.0 Å². The molecule has 0 saturated carbocycles. The number of hydrogen-bond donors (Lipinski definition) is 2. The van der Waals surface area contributed by atoms with Crippen molar-refractivity contribution < 1.29 is 9.90 Å². The zero-order valence-electron chi connectivity index (χ0n) is 9.87. The zero-order valence-corrected chi connectivity index (χ0v) is 9.87. The summed E-state index contributed by atoms with van der Waals surface area (Å²) in [5, 5.41) is 16.4. The van der Waals surface area contributed by atoms with Crippen molar-refractivity contribution in [3.63, 3.8) is 0 Å². The van der Waals surface area contributed by atoms with Gasteiger partial charge in [-0.05, 0) is 18.6 Å². The third-order valence-corrected chi connectivity index (χ3v) is 2.65. The van der Waals surface area contributed by atoms with Crippen molar-refractivity contribution in [1.82, 2.24) is 20.0 Å². The van der Waals surface area contributed by atoms with E-state index in [0.717, 1.165) is 11.3 Å². The Balaban J connectivity index is 2.35. The quantitative estimate of drug-likeness (QED) is 0.798. The fraction of sp³-hybridized carbons (Fsp3) is 0.273. The third kappa shape index (κ3) is 2.21. The normalized spacial score (nSPS) is 10.6. The molecule has 18 heavy (non-hydrogen) atoms. The van der Waals surface area contributed by atoms with Crippen LogP contribution in [0.5, 0.6) is 0 Å². The van der Waals surface area contributed by atoms with Crippen LogP contribution in [-0.4, -0.2) is 31.1 Å². The van der Waals surface area contributed by atoms with Gasteiger partial charge in [0.2, 0.25) is 0 Å². The number of pyridine rings is 1. The average Bonchev–Trinajstić information content (AvgIpc) is 2.75. The lowest BCUT2D eigenvalue weighted by molar-refractivity contribution is 0.0689. The summed E-state index contributed by atoms with van der Waals surface area (Å²) < 4.78 is 1.47. The number of nitrogens with two attached hydrogens (primary N) is 1. The van der Waals surface area contributed by atoms with E-state index < -0.39 is 5.97 Å². The van der Waals surface area contributed by atoms with Crippen molar-refractivity contribution in [2.75, 3.05) is 0 Å². The summed E-state index contributed by atoms with van der Waals surface area (Å²) in [7, 11) is 0. The molecule has 0 radical (unpaired) electrons. The number of hydrogen-bond acceptors (Lipinski definition) is 5. The highest BCUT2D eigenvalue weighted by molar-refractivity contribution is 5.86. The highest BCUT2D eigenvalue weighted by Gasteiger charge is 2.18. The fourth-order valence-electron chi connectivity index (χ4n) is 1.65. The van der Waals surface area contributed by atoms with Crippen molar-refractivity contribution in [3.8, 4) is 0 Å². The van der Waals surface area contributed by atoms with Gasteiger partial charge in [-0.3, -0.25) is 4.98 Å². The van der Waals surface area contributed by atoms with Crippen molar-refractivity contribution >= 4 is 5.97 Å². The van der Waals surface area contributed by atoms with Gasteiger partial charge in [-0.2, -0.15) is 0 Å². The molecule has 2 aromatic heterocycles. The maximum absolute atomic E-state index is 10.9. The lowest BCUT2D eigenvalue weighted by Crippen LogP contribution is -2.14. The Morgan fingerprint density at radius 3 is 2.94 bits per heavy atom. The van der Waals surface area contributed by atoms with Crippen LogP contribution in [0.2, 0.25) is 0 Å². The fourth-order valence-corrected chi connectivity index (χ4v) is 1.65. The lowest BCUT2D eigenvalue weighted by atomic mass is 10.2. The molecule has 2 aromatic rings. The summed E-state index contributed by atoms with van der Waals surface area (Å²) in [6, 6.07) is 3.77. The predicted octanol–water partition coefficient (Wildman–Crippen LogP) is 0.187. The smallest absolute Gasteiger partial charge is 0.358 e. The van der Waals surface area contributed by atoms with Crippen molar-refractivity contribution in [2.24, 2.45) is 5.73 Å². The molecule has 0 saturated heterocycles. The molecule has 2 rings (SSSR count). The number of carbonyl (C=O) groups is 1. The topological polar surface area (TPSA) is 107 Å². The van der Waals surface area contributed by atoms with Gasteiger partial charge < -0.3 is 10.8 Å². The third-order valence-electron chi connectivity index (χ3n) is 2.65. The molecule has 0 aliphatic rings. The number of aryl methyl sites for hydroxylation is 1. The lowest BCUT2D eigenvalue weighted by Gasteiger charge is -2.06. The van der Waals surface area contributed by atoms with Gasteiger partial charge in [-0.25, -0.2) is 9.48 Å². The monoisotopic (exact) mass is 247 g/mol. The number of nitrogens with zero attached hydrogens (tertiary/aromatic N) is 4. The number of carboxylic acids is 1. The van der Waals surface area contributed by atoms with Gasteiger partial charge >= 0.3 is 5.97 Å². The summed E-state index contributed by atoms with van der Waals surface area (Å²) >= 11 is 0. The van der Waals surface area contributed by atoms with Crippen LogP contribution < -0.4 is 5.73 Å². The molecule has 0 aliphatic carbocycles. The molecular weight excluding hydrogens is 234 g/mol. The van der Waals surface area contributed by atoms with Crippen molar-refractivity contribution in [1.29, 1.82) is 0 Å². The molecule has 0 spiro atoms. The molecule has 0 aromatic carbocycles. The van der Waals surface area contributed by atoms with Crippen LogP contribution in [0, 0.1) is 6.92 Å². The number of carboxylic acid groups (broad SMARTS) is 1. The molecule has 0 fully saturated rings. The molecule has 0 atom stereocenters. The summed E-state index contributed by atoms with van der Waals surface area (Å²) in [5.74, 6) is -1.13. The molecule has 0 aliphatic heterocycles. The van der Waals surface area contributed by atoms with Gasteiger partial charge in [-0.15, -0.1) is 5.10 Å². The van der Waals surface area contributed by atoms with Gasteiger partial charge in [-0.1, -0.05) is 11.3 Å². The van der Waals surface area contributed by atoms with Crippen LogP contribution in [0.25, 0.3) is 0 Å². The van der Waals surface area contributed by atoms with E-state index in [1.54, 1.807) is 6.20 Å². The SMILES string of the molecule is Cc1cccnc1Cn1nnc(C(=O)O)c1CN. The van der Waals surface area contributed by atoms with Gasteiger partial charge in [0.1, 0.15) is 0 Å². The van der Waals surface area contributed by atoms with E-state index >= 15 is 0 Å². The molecular formula is C11H13N5O2. The Morgan fingerprint density at radius 1 is 1.56 bits per heavy atom. The molecule has 0 unspecified atom stereocenters. The second-order valence-corrected chi connectivity index (χ2v) is 3.82. The maximum atomic E-state index is 10.9. The first kappa shape index (κ1) is 12.2. The molecule has 0 amide bonds. The summed E-state index contributed by atoms with van der Waals surface area (Å²) in [6.45, 7) is 2.36. The van der Waals surface area contributed by atoms with E-state index in [2.05, 4.69) is 15.3 Å². The van der Waals surface area contributed by atoms with Gasteiger partial charge in [0.05, 0.1) is 17.9 Å². The van der Waals surface area contributed by atoms with Crippen LogP contribution in [0.4, 0.5) is 0 Å². The Morgan fingerprint density at radius 2 is 2.33 bits per heavy atom. The second kappa shape index (κ2) is 4.92. The van der Waals surface area contributed by atoms with E-state index in [-0.39, 0.29) is 12.2 Å². The molecule has 94 valence electrons. The van der Waals surface area contributed by atoms with Gasteiger partial charge in [0.25, 0.3) is 0 Å². The highest BCUT2D eigenvalue weighted by atomic mass is 16.4. The summed E-state index contributed by atoms with van der Waals surface area (Å²) in [6.07, 6.45) is 1.68. The first-order chi connectivity index (χ1) is 8.63. The maximum Gasteiger partial charge on any atom is 0.358 e. The van der Waals surface area contributed by atoms with Crippen LogP contribution >= 0.6 is 0 Å². The number of aromatic carboxylic acids is 1. The highest BCUT2D eigenvalue weighted by Crippen LogP contribution is 2.09. The van der Waals surface area contributed by atoms with Gasteiger partial charge in [0, 0.05) is 12.7 Å². The molecule has 7 nitrogen and oxygen atoms in total. The minimum atomic E-state index is -1.13. The van der Waals surface area contributed by atoms with E-state index in [4.69, 9.17) is 10.8 Å². The minimum Gasteiger partial charge on any atom is -0.476 e. The Kier molecular flexibility index (Phi) is 3.33. The molecule has 0 bridgehead atoms. The standard InChI is InChI=1S/C11H13N5O2/c1-7-3-2-4-13-8(7)6-16-9(5-12)10(11(17)18)14-15-16/h2-4H,5-6,12H2,1H3,(H,17,18). The summed E-state index contributed by atoms with van der Waals surface area (Å²) in [4.78, 5) is 15.2. The van der Waals surface area contributed by atoms with E-state index in [1.165, 1.54) is 4.68 Å². The van der Waals surface area contributed by atoms with Crippen molar-refractivity contribution in [2.45, 2.75) is 20.0 Å². The Bertz CT molecular complexity index is 579. The number of aromatic nitrogens is 4. The average molecular weight is 247 g/mol.